The van der Waals surface area contributed by atoms with Crippen LogP contribution in [0.25, 0.3) is 0 Å². The maximum Gasteiger partial charge on any atom is 0.243 e. The van der Waals surface area contributed by atoms with Crippen LogP contribution in [0.1, 0.15) is 32.6 Å². The average Bonchev–Trinajstić information content (AvgIpc) is 2.78. The Balaban J connectivity index is 0.00000200. The summed E-state index contributed by atoms with van der Waals surface area (Å²) in [5.41, 5.74) is 0.557. The molecule has 1 saturated heterocycles. The van der Waals surface area contributed by atoms with Crippen molar-refractivity contribution in [2.45, 2.75) is 32.6 Å². The molecule has 0 radical (unpaired) electrons. The highest BCUT2D eigenvalue weighted by Crippen LogP contribution is 2.47. The molecule has 2 aliphatic rings. The van der Waals surface area contributed by atoms with Crippen LogP contribution in [0.4, 0.5) is 0 Å². The fraction of sp³-hybridized carbons (Fsp3) is 0.857. The van der Waals surface area contributed by atoms with E-state index in [9.17, 15) is 4.79 Å². The van der Waals surface area contributed by atoms with E-state index in [1.807, 2.05) is 0 Å². The number of halogens is 1. The maximum absolute atomic E-state index is 11.6. The summed E-state index contributed by atoms with van der Waals surface area (Å²) in [5, 5.41) is 3.31. The van der Waals surface area contributed by atoms with E-state index < -0.39 is 0 Å². The molecule has 0 aromatic rings. The second kappa shape index (κ2) is 7.47. The number of nitrogens with one attached hydrogen (secondary N) is 1. The van der Waals surface area contributed by atoms with Gasteiger partial charge in [0.05, 0.1) is 0 Å². The van der Waals surface area contributed by atoms with Gasteiger partial charge in [-0.15, -0.1) is 24.0 Å². The number of aliphatic imine (C=N–C) groups is 1. The fourth-order valence-electron chi connectivity index (χ4n) is 2.91. The summed E-state index contributed by atoms with van der Waals surface area (Å²) in [6.07, 6.45) is 5.37. The Hall–Kier alpha value is -0.530. The lowest BCUT2D eigenvalue weighted by atomic mass is 9.68. The van der Waals surface area contributed by atoms with Crippen molar-refractivity contribution in [3.8, 4) is 0 Å². The van der Waals surface area contributed by atoms with Crippen molar-refractivity contribution >= 4 is 35.8 Å². The number of rotatable bonds is 3. The minimum Gasteiger partial charge on any atom is -0.357 e. The van der Waals surface area contributed by atoms with Crippen molar-refractivity contribution in [1.82, 2.24) is 15.1 Å². The highest BCUT2D eigenvalue weighted by molar-refractivity contribution is 14.0. The normalized spacial score (nSPS) is 20.4. The Labute approximate surface area is 139 Å². The van der Waals surface area contributed by atoms with Gasteiger partial charge < -0.3 is 15.1 Å². The Morgan fingerprint density at radius 2 is 2.05 bits per heavy atom. The topological polar surface area (TPSA) is 47.9 Å². The highest BCUT2D eigenvalue weighted by atomic mass is 127. The summed E-state index contributed by atoms with van der Waals surface area (Å²) >= 11 is 0. The lowest BCUT2D eigenvalue weighted by molar-refractivity contribution is -0.127. The van der Waals surface area contributed by atoms with Crippen LogP contribution in [0.15, 0.2) is 4.99 Å². The van der Waals surface area contributed by atoms with Crippen LogP contribution in [0, 0.1) is 5.41 Å². The van der Waals surface area contributed by atoms with Crippen molar-refractivity contribution in [1.29, 1.82) is 0 Å². The molecule has 5 nitrogen and oxygen atoms in total. The third kappa shape index (κ3) is 3.99. The van der Waals surface area contributed by atoms with E-state index in [4.69, 9.17) is 0 Å². The first kappa shape index (κ1) is 17.5. The summed E-state index contributed by atoms with van der Waals surface area (Å²) in [6.45, 7) is 5.33. The zero-order valence-electron chi connectivity index (χ0n) is 12.8. The lowest BCUT2D eigenvalue weighted by Crippen LogP contribution is -2.43. The molecule has 1 spiro atoms. The van der Waals surface area contributed by atoms with Crippen molar-refractivity contribution in [3.63, 3.8) is 0 Å². The molecule has 0 aromatic heterocycles. The van der Waals surface area contributed by atoms with Crippen molar-refractivity contribution in [2.75, 3.05) is 40.3 Å². The molecule has 0 aromatic carbocycles. The summed E-state index contributed by atoms with van der Waals surface area (Å²) in [7, 11) is 3.54. The molecule has 0 unspecified atom stereocenters. The van der Waals surface area contributed by atoms with E-state index in [1.54, 1.807) is 19.0 Å². The van der Waals surface area contributed by atoms with E-state index in [0.29, 0.717) is 5.41 Å². The van der Waals surface area contributed by atoms with E-state index in [0.717, 1.165) is 25.6 Å². The smallest absolute Gasteiger partial charge is 0.243 e. The largest absolute Gasteiger partial charge is 0.357 e. The number of hydrogen-bond acceptors (Lipinski definition) is 2. The predicted octanol–water partition coefficient (Wildman–Crippen LogP) is 1.53. The van der Waals surface area contributed by atoms with Crippen LogP contribution in [0.2, 0.25) is 0 Å². The molecule has 1 saturated carbocycles. The number of carbonyl (C=O) groups excluding carboxylic acids is 1. The van der Waals surface area contributed by atoms with Gasteiger partial charge in [-0.2, -0.15) is 0 Å². The van der Waals surface area contributed by atoms with Crippen LogP contribution in [0.3, 0.4) is 0 Å². The molecule has 1 N–H and O–H groups in total. The summed E-state index contributed by atoms with van der Waals surface area (Å²) in [5.74, 6) is 0.953. The van der Waals surface area contributed by atoms with Crippen LogP contribution < -0.4 is 5.32 Å². The van der Waals surface area contributed by atoms with Crippen molar-refractivity contribution in [3.05, 3.63) is 0 Å². The average molecular weight is 394 g/mol. The van der Waals surface area contributed by atoms with Crippen LogP contribution in [-0.2, 0) is 4.79 Å². The lowest BCUT2D eigenvalue weighted by Gasteiger charge is -2.38. The van der Waals surface area contributed by atoms with Gasteiger partial charge >= 0.3 is 0 Å². The quantitative estimate of drug-likeness (QED) is 0.449. The molecule has 1 heterocycles. The molecule has 2 rings (SSSR count). The maximum atomic E-state index is 11.6. The molecule has 0 bridgehead atoms. The monoisotopic (exact) mass is 394 g/mol. The number of nitrogens with zero attached hydrogens (tertiary/aromatic N) is 3. The summed E-state index contributed by atoms with van der Waals surface area (Å²) in [4.78, 5) is 20.0. The van der Waals surface area contributed by atoms with E-state index in [-0.39, 0.29) is 36.4 Å². The molecule has 1 aliphatic carbocycles. The van der Waals surface area contributed by atoms with Crippen LogP contribution >= 0.6 is 24.0 Å². The number of guanidine groups is 1. The number of likely N-dealkylation sites (tertiary alicyclic amines) is 1. The second-order valence-electron chi connectivity index (χ2n) is 5.98. The SMILES string of the molecule is CCNC(=NCC(=O)N(C)C)N1CCC2(CCC2)C1.I. The number of carbonyl (C=O) groups is 1. The number of likely N-dealkylation sites (N-methyl/N-ethyl adjacent to an activating group) is 1. The minimum absolute atomic E-state index is 0. The van der Waals surface area contributed by atoms with Gasteiger partial charge in [0.25, 0.3) is 0 Å². The summed E-state index contributed by atoms with van der Waals surface area (Å²) < 4.78 is 0. The molecule has 1 amide bonds. The third-order valence-electron chi connectivity index (χ3n) is 4.35. The number of hydrogen-bond donors (Lipinski definition) is 1. The Kier molecular flexibility index (Phi) is 6.54. The van der Waals surface area contributed by atoms with Gasteiger partial charge in [-0.3, -0.25) is 4.79 Å². The standard InChI is InChI=1S/C14H26N4O.HI/c1-4-15-13(16-10-12(19)17(2)3)18-9-8-14(11-18)6-5-7-14;/h4-11H2,1-3H3,(H,15,16);1H. The second-order valence-corrected chi connectivity index (χ2v) is 5.98. The van der Waals surface area contributed by atoms with E-state index in [2.05, 4.69) is 22.1 Å². The van der Waals surface area contributed by atoms with E-state index in [1.165, 1.54) is 25.7 Å². The zero-order valence-corrected chi connectivity index (χ0v) is 15.1. The first-order chi connectivity index (χ1) is 9.06. The molecular weight excluding hydrogens is 367 g/mol. The molecule has 20 heavy (non-hydrogen) atoms. The van der Waals surface area contributed by atoms with Crippen molar-refractivity contribution in [2.24, 2.45) is 10.4 Å². The zero-order chi connectivity index (χ0) is 13.9. The third-order valence-corrected chi connectivity index (χ3v) is 4.35. The first-order valence-corrected chi connectivity index (χ1v) is 7.30. The van der Waals surface area contributed by atoms with Gasteiger partial charge in [-0.05, 0) is 31.6 Å². The van der Waals surface area contributed by atoms with Crippen LogP contribution in [0.5, 0.6) is 0 Å². The van der Waals surface area contributed by atoms with Gasteiger partial charge in [-0.25, -0.2) is 4.99 Å². The molecule has 6 heteroatoms. The Bertz CT molecular complexity index is 366. The van der Waals surface area contributed by atoms with Gasteiger partial charge in [0, 0.05) is 33.7 Å². The van der Waals surface area contributed by atoms with Gasteiger partial charge in [0.15, 0.2) is 5.96 Å². The van der Waals surface area contributed by atoms with E-state index >= 15 is 0 Å². The van der Waals surface area contributed by atoms with Crippen LogP contribution in [-0.4, -0.2) is 61.9 Å². The predicted molar refractivity (Wildman–Crippen MR) is 92.6 cm³/mol. The van der Waals surface area contributed by atoms with Crippen molar-refractivity contribution < 1.29 is 4.79 Å². The molecule has 1 aliphatic heterocycles. The first-order valence-electron chi connectivity index (χ1n) is 7.30. The molecule has 2 fully saturated rings. The summed E-state index contributed by atoms with van der Waals surface area (Å²) in [6, 6.07) is 0. The Morgan fingerprint density at radius 3 is 2.50 bits per heavy atom. The fourth-order valence-corrected chi connectivity index (χ4v) is 2.91. The highest BCUT2D eigenvalue weighted by Gasteiger charge is 2.43. The Morgan fingerprint density at radius 1 is 1.35 bits per heavy atom. The molecular formula is C14H27IN4O. The number of amides is 1. The molecule has 0 atom stereocenters. The van der Waals surface area contributed by atoms with Gasteiger partial charge in [0.2, 0.25) is 5.91 Å². The van der Waals surface area contributed by atoms with Gasteiger partial charge in [-0.1, -0.05) is 6.42 Å². The molecule has 116 valence electrons. The van der Waals surface area contributed by atoms with Gasteiger partial charge in [0.1, 0.15) is 6.54 Å². The minimum atomic E-state index is 0.